The number of rotatable bonds is 5. The molecule has 1 saturated heterocycles. The van der Waals surface area contributed by atoms with Crippen molar-refractivity contribution in [1.82, 2.24) is 13.9 Å². The third-order valence-electron chi connectivity index (χ3n) is 4.00. The molecule has 4 N–H and O–H groups in total. The van der Waals surface area contributed by atoms with Crippen LogP contribution < -0.4 is 10.5 Å². The summed E-state index contributed by atoms with van der Waals surface area (Å²) in [6.07, 6.45) is 1.85. The van der Waals surface area contributed by atoms with Gasteiger partial charge < -0.3 is 10.9 Å². The zero-order chi connectivity index (χ0) is 15.0. The number of hydrogen-bond acceptors (Lipinski definition) is 5. The van der Waals surface area contributed by atoms with Gasteiger partial charge in [0.05, 0.1) is 5.54 Å². The quantitative estimate of drug-likeness (QED) is 0.264. The number of nitrogens with two attached hydrogens (primary N) is 1. The number of piperazine rings is 1. The molecule has 0 aromatic rings. The van der Waals surface area contributed by atoms with Gasteiger partial charge >= 0.3 is 0 Å². The molecule has 0 spiro atoms. The average molecular weight is 305 g/mol. The number of nitrogens with zero attached hydrogens (tertiary/aromatic N) is 3. The van der Waals surface area contributed by atoms with Crippen molar-refractivity contribution in [3.05, 3.63) is 0 Å². The van der Waals surface area contributed by atoms with Crippen LogP contribution in [0.15, 0.2) is 5.16 Å². The summed E-state index contributed by atoms with van der Waals surface area (Å²) in [5.74, 6) is 0.130. The largest absolute Gasteiger partial charge is 0.409 e. The second kappa shape index (κ2) is 5.47. The van der Waals surface area contributed by atoms with Crippen molar-refractivity contribution in [2.24, 2.45) is 10.9 Å². The lowest BCUT2D eigenvalue weighted by Gasteiger charge is -2.42. The summed E-state index contributed by atoms with van der Waals surface area (Å²) < 4.78 is 28.3. The third-order valence-corrected chi connectivity index (χ3v) is 5.67. The maximum Gasteiger partial charge on any atom is 0.279 e. The van der Waals surface area contributed by atoms with E-state index in [-0.39, 0.29) is 11.9 Å². The smallest absolute Gasteiger partial charge is 0.279 e. The molecule has 9 heteroatoms. The van der Waals surface area contributed by atoms with Crippen LogP contribution in [0.25, 0.3) is 0 Å². The van der Waals surface area contributed by atoms with E-state index in [9.17, 15) is 8.42 Å². The first-order valence-electron chi connectivity index (χ1n) is 6.78. The first-order valence-corrected chi connectivity index (χ1v) is 8.22. The van der Waals surface area contributed by atoms with Gasteiger partial charge in [0.1, 0.15) is 0 Å². The van der Waals surface area contributed by atoms with Gasteiger partial charge in [0.2, 0.25) is 0 Å². The van der Waals surface area contributed by atoms with Crippen molar-refractivity contribution in [2.45, 2.75) is 38.3 Å². The van der Waals surface area contributed by atoms with Gasteiger partial charge in [-0.2, -0.15) is 17.4 Å². The van der Waals surface area contributed by atoms with Gasteiger partial charge in [-0.25, -0.2) is 0 Å². The fourth-order valence-corrected chi connectivity index (χ4v) is 3.71. The van der Waals surface area contributed by atoms with Gasteiger partial charge in [-0.1, -0.05) is 5.16 Å². The van der Waals surface area contributed by atoms with E-state index in [0.29, 0.717) is 26.2 Å². The number of amidine groups is 1. The normalized spacial score (nSPS) is 24.0. The van der Waals surface area contributed by atoms with E-state index in [4.69, 9.17) is 10.9 Å². The molecule has 0 aromatic heterocycles. The summed E-state index contributed by atoms with van der Waals surface area (Å²) in [5, 5.41) is 11.9. The molecule has 0 atom stereocenters. The first-order chi connectivity index (χ1) is 9.27. The van der Waals surface area contributed by atoms with Crippen LogP contribution in [0.5, 0.6) is 0 Å². The van der Waals surface area contributed by atoms with Gasteiger partial charge in [-0.3, -0.25) is 4.90 Å². The summed E-state index contributed by atoms with van der Waals surface area (Å²) in [6, 6.07) is 0.117. The van der Waals surface area contributed by atoms with E-state index < -0.39 is 15.7 Å². The molecule has 1 saturated carbocycles. The Bertz CT molecular complexity index is 478. The molecule has 0 bridgehead atoms. The molecular weight excluding hydrogens is 282 g/mol. The zero-order valence-corrected chi connectivity index (χ0v) is 12.7. The standard InChI is InChI=1S/C11H23N5O3S/c1-11(2,10(12)13-17)15-5-7-16(8-6-15)20(18,19)14-9-3-4-9/h9,14,17H,3-8H2,1-2H3,(H2,12,13). The fourth-order valence-electron chi connectivity index (χ4n) is 2.26. The Morgan fingerprint density at radius 1 is 1.30 bits per heavy atom. The SMILES string of the molecule is CC(C)(C(N)=NO)N1CCN(S(=O)(=O)NC2CC2)CC1. The van der Waals surface area contributed by atoms with Gasteiger partial charge in [-0.05, 0) is 26.7 Å². The number of oxime groups is 1. The van der Waals surface area contributed by atoms with Crippen LogP contribution in [-0.4, -0.2) is 66.4 Å². The molecule has 20 heavy (non-hydrogen) atoms. The zero-order valence-electron chi connectivity index (χ0n) is 11.9. The van der Waals surface area contributed by atoms with Crippen molar-refractivity contribution in [3.63, 3.8) is 0 Å². The van der Waals surface area contributed by atoms with E-state index in [1.165, 1.54) is 4.31 Å². The van der Waals surface area contributed by atoms with Crippen molar-refractivity contribution in [1.29, 1.82) is 0 Å². The first kappa shape index (κ1) is 15.5. The van der Waals surface area contributed by atoms with Crippen LogP contribution in [0.3, 0.4) is 0 Å². The molecule has 0 aromatic carbocycles. The summed E-state index contributed by atoms with van der Waals surface area (Å²) in [7, 11) is -3.37. The Kier molecular flexibility index (Phi) is 4.24. The highest BCUT2D eigenvalue weighted by Crippen LogP contribution is 2.22. The lowest BCUT2D eigenvalue weighted by atomic mass is 10.0. The minimum absolute atomic E-state index is 0.117. The average Bonchev–Trinajstić information content (AvgIpc) is 3.21. The van der Waals surface area contributed by atoms with Crippen LogP contribution in [0, 0.1) is 0 Å². The Labute approximate surface area is 119 Å². The summed E-state index contributed by atoms with van der Waals surface area (Å²) in [6.45, 7) is 5.63. The molecule has 0 amide bonds. The second-order valence-electron chi connectivity index (χ2n) is 5.83. The maximum absolute atomic E-state index is 12.1. The monoisotopic (exact) mass is 305 g/mol. The molecule has 8 nitrogen and oxygen atoms in total. The van der Waals surface area contributed by atoms with E-state index in [1.807, 2.05) is 18.7 Å². The van der Waals surface area contributed by atoms with Crippen LogP contribution >= 0.6 is 0 Å². The highest BCUT2D eigenvalue weighted by Gasteiger charge is 2.37. The third kappa shape index (κ3) is 3.22. The van der Waals surface area contributed by atoms with Crippen LogP contribution in [-0.2, 0) is 10.2 Å². The summed E-state index contributed by atoms with van der Waals surface area (Å²) in [5.41, 5.74) is 5.10. The minimum Gasteiger partial charge on any atom is -0.409 e. The molecule has 1 heterocycles. The second-order valence-corrected chi connectivity index (χ2v) is 7.53. The maximum atomic E-state index is 12.1. The topological polar surface area (TPSA) is 111 Å². The molecule has 116 valence electrons. The van der Waals surface area contributed by atoms with Gasteiger partial charge in [0.15, 0.2) is 5.84 Å². The lowest BCUT2D eigenvalue weighted by Crippen LogP contribution is -2.61. The molecule has 1 aliphatic carbocycles. The number of hydrogen-bond donors (Lipinski definition) is 3. The van der Waals surface area contributed by atoms with Gasteiger partial charge in [0.25, 0.3) is 10.2 Å². The van der Waals surface area contributed by atoms with E-state index in [0.717, 1.165) is 12.8 Å². The van der Waals surface area contributed by atoms with Gasteiger partial charge in [-0.15, -0.1) is 0 Å². The Hall–Kier alpha value is -0.900. The Balaban J connectivity index is 1.95. The molecule has 0 unspecified atom stereocenters. The molecular formula is C11H23N5O3S. The van der Waals surface area contributed by atoms with Crippen molar-refractivity contribution in [3.8, 4) is 0 Å². The van der Waals surface area contributed by atoms with Crippen LogP contribution in [0.4, 0.5) is 0 Å². The lowest BCUT2D eigenvalue weighted by molar-refractivity contribution is 0.118. The predicted octanol–water partition coefficient (Wildman–Crippen LogP) is -0.874. The minimum atomic E-state index is -3.37. The van der Waals surface area contributed by atoms with Crippen LogP contribution in [0.2, 0.25) is 0 Å². The molecule has 0 radical (unpaired) electrons. The van der Waals surface area contributed by atoms with Crippen molar-refractivity contribution in [2.75, 3.05) is 26.2 Å². The van der Waals surface area contributed by atoms with Gasteiger partial charge in [0, 0.05) is 32.2 Å². The van der Waals surface area contributed by atoms with E-state index in [1.54, 1.807) is 0 Å². The number of nitrogens with one attached hydrogen (secondary N) is 1. The Morgan fingerprint density at radius 2 is 1.85 bits per heavy atom. The summed E-state index contributed by atoms with van der Waals surface area (Å²) in [4.78, 5) is 2.02. The fraction of sp³-hybridized carbons (Fsp3) is 0.909. The molecule has 2 fully saturated rings. The highest BCUT2D eigenvalue weighted by atomic mass is 32.2. The van der Waals surface area contributed by atoms with Crippen molar-refractivity contribution < 1.29 is 13.6 Å². The Morgan fingerprint density at radius 3 is 2.30 bits per heavy atom. The van der Waals surface area contributed by atoms with Crippen LogP contribution in [0.1, 0.15) is 26.7 Å². The van der Waals surface area contributed by atoms with E-state index in [2.05, 4.69) is 9.88 Å². The van der Waals surface area contributed by atoms with E-state index >= 15 is 0 Å². The predicted molar refractivity (Wildman–Crippen MR) is 75.7 cm³/mol. The molecule has 1 aliphatic heterocycles. The molecule has 2 aliphatic rings. The highest BCUT2D eigenvalue weighted by molar-refractivity contribution is 7.87. The van der Waals surface area contributed by atoms with Crippen molar-refractivity contribution >= 4 is 16.0 Å². The summed E-state index contributed by atoms with van der Waals surface area (Å²) >= 11 is 0. The molecule has 2 rings (SSSR count).